The Hall–Kier alpha value is -5.88. The average Bonchev–Trinajstić information content (AvgIpc) is 4.11. The number of carboxylic acids is 2. The molecule has 18 nitrogen and oxygen atoms in total. The van der Waals surface area contributed by atoms with Crippen LogP contribution in [0.25, 0.3) is 11.6 Å². The van der Waals surface area contributed by atoms with Gasteiger partial charge in [0, 0.05) is 84.5 Å². The number of halogens is 6. The van der Waals surface area contributed by atoms with E-state index in [0.717, 1.165) is 72.5 Å². The molecular formula is C46H54CaF6N10O8. The quantitative estimate of drug-likeness (QED) is 0.0368. The van der Waals surface area contributed by atoms with E-state index in [1.165, 1.54) is 21.5 Å². The minimum absolute atomic E-state index is 0. The fraction of sp³-hybridized carbons (Fsp3) is 0.478. The topological polar surface area (TPSA) is 214 Å². The van der Waals surface area contributed by atoms with Gasteiger partial charge in [-0.3, -0.25) is 9.36 Å². The summed E-state index contributed by atoms with van der Waals surface area (Å²) in [6.07, 6.45) is 4.32. The second kappa shape index (κ2) is 27.7. The van der Waals surface area contributed by atoms with Crippen LogP contribution in [-0.2, 0) is 60.7 Å². The van der Waals surface area contributed by atoms with E-state index in [0.29, 0.717) is 75.9 Å². The summed E-state index contributed by atoms with van der Waals surface area (Å²) in [5, 5.41) is 39.0. The van der Waals surface area contributed by atoms with Crippen molar-refractivity contribution in [3.05, 3.63) is 94.8 Å². The van der Waals surface area contributed by atoms with Crippen molar-refractivity contribution >= 4 is 49.7 Å². The number of hydrogen-bond donors (Lipinski definition) is 0. The first-order chi connectivity index (χ1) is 33.4. The number of carbonyl (C=O) groups is 2. The van der Waals surface area contributed by atoms with Gasteiger partial charge in [-0.15, -0.1) is 20.4 Å². The Morgan fingerprint density at radius 1 is 0.507 bits per heavy atom. The molecule has 0 aliphatic carbocycles. The number of unbranched alkanes of at least 4 members (excludes halogenated alkanes) is 2. The van der Waals surface area contributed by atoms with E-state index in [4.69, 9.17) is 18.9 Å². The summed E-state index contributed by atoms with van der Waals surface area (Å²) < 4.78 is 105. The average molecular weight is 1030 g/mol. The van der Waals surface area contributed by atoms with Gasteiger partial charge < -0.3 is 38.7 Å². The number of aryl methyl sites for hydroxylation is 6. The van der Waals surface area contributed by atoms with Crippen molar-refractivity contribution in [2.45, 2.75) is 117 Å². The maximum atomic E-state index is 12.8. The first kappa shape index (κ1) is 57.7. The minimum Gasteiger partial charge on any atom is -0.550 e. The molecule has 6 rings (SSSR count). The number of aromatic nitrogens is 10. The second-order valence-corrected chi connectivity index (χ2v) is 15.4. The van der Waals surface area contributed by atoms with Crippen molar-refractivity contribution in [3.63, 3.8) is 0 Å². The number of nitrogens with zero attached hydrogens (tertiary/aromatic N) is 10. The van der Waals surface area contributed by atoms with Crippen LogP contribution in [0.3, 0.4) is 0 Å². The summed E-state index contributed by atoms with van der Waals surface area (Å²) in [7, 11) is 0. The van der Waals surface area contributed by atoms with E-state index < -0.39 is 35.4 Å². The molecule has 0 bridgehead atoms. The number of pyridine rings is 2. The van der Waals surface area contributed by atoms with Gasteiger partial charge in [-0.05, 0) is 116 Å². The third kappa shape index (κ3) is 17.7. The van der Waals surface area contributed by atoms with E-state index in [9.17, 15) is 46.1 Å². The summed E-state index contributed by atoms with van der Waals surface area (Å²) in [6, 6.07) is 4.46. The molecule has 0 atom stereocenters. The SMILES string of the molecule is CCOc1nn(CCCCc2cn(-c3ccc(C(F)(F)F)cn3)nc2OCC)cc1CCC(=O)[O-].CCOc1nn(CCCCc2cn(-c3ccc(C(F)(F)F)cn3)nc2OCC)cc1CCC(=O)[O-].[Ca+2]. The molecule has 6 heterocycles. The van der Waals surface area contributed by atoms with Gasteiger partial charge in [-0.25, -0.2) is 19.3 Å². The van der Waals surface area contributed by atoms with Crippen molar-refractivity contribution in [1.29, 1.82) is 0 Å². The molecule has 0 aromatic carbocycles. The Bertz CT molecular complexity index is 2400. The summed E-state index contributed by atoms with van der Waals surface area (Å²) >= 11 is 0. The van der Waals surface area contributed by atoms with Gasteiger partial charge in [0.1, 0.15) is 0 Å². The summed E-state index contributed by atoms with van der Waals surface area (Å²) in [6.45, 7) is 10.2. The molecule has 71 heavy (non-hydrogen) atoms. The summed E-state index contributed by atoms with van der Waals surface area (Å²) in [4.78, 5) is 29.3. The molecule has 380 valence electrons. The van der Waals surface area contributed by atoms with Gasteiger partial charge >= 0.3 is 50.1 Å². The largest absolute Gasteiger partial charge is 2.00 e. The molecule has 0 saturated carbocycles. The fourth-order valence-corrected chi connectivity index (χ4v) is 6.89. The van der Waals surface area contributed by atoms with Crippen molar-refractivity contribution in [2.24, 2.45) is 0 Å². The molecule has 0 spiro atoms. The van der Waals surface area contributed by atoms with Gasteiger partial charge in [-0.1, -0.05) is 0 Å². The van der Waals surface area contributed by atoms with Gasteiger partial charge in [0.2, 0.25) is 23.5 Å². The number of hydrogen-bond acceptors (Lipinski definition) is 14. The maximum absolute atomic E-state index is 12.8. The summed E-state index contributed by atoms with van der Waals surface area (Å²) in [5.41, 5.74) is 1.43. The number of alkyl halides is 6. The molecule has 0 amide bonds. The van der Waals surface area contributed by atoms with Gasteiger partial charge in [0.15, 0.2) is 11.6 Å². The van der Waals surface area contributed by atoms with E-state index in [1.54, 1.807) is 34.2 Å². The minimum atomic E-state index is -4.45. The molecule has 25 heteroatoms. The molecule has 0 N–H and O–H groups in total. The van der Waals surface area contributed by atoms with Crippen molar-refractivity contribution in [1.82, 2.24) is 49.1 Å². The number of carbonyl (C=O) groups excluding carboxylic acids is 2. The van der Waals surface area contributed by atoms with Crippen LogP contribution in [0, 0.1) is 0 Å². The van der Waals surface area contributed by atoms with Gasteiger partial charge in [0.05, 0.1) is 37.6 Å². The van der Waals surface area contributed by atoms with Crippen molar-refractivity contribution in [3.8, 4) is 35.2 Å². The van der Waals surface area contributed by atoms with Crippen LogP contribution in [0.2, 0.25) is 0 Å². The Balaban J connectivity index is 0.000000304. The van der Waals surface area contributed by atoms with E-state index in [-0.39, 0.29) is 75.1 Å². The van der Waals surface area contributed by atoms with Crippen LogP contribution < -0.4 is 29.2 Å². The Labute approximate surface area is 435 Å². The van der Waals surface area contributed by atoms with E-state index in [1.807, 2.05) is 27.7 Å². The predicted octanol–water partition coefficient (Wildman–Crippen LogP) is 5.59. The number of carboxylic acid groups (broad SMARTS) is 2. The molecule has 6 aromatic rings. The molecule has 0 radical (unpaired) electrons. The molecule has 0 aliphatic rings. The van der Waals surface area contributed by atoms with Crippen molar-refractivity contribution in [2.75, 3.05) is 26.4 Å². The standard InChI is InChI=1S/2C23H28F3N5O4.Ca/c2*1-3-34-21-17(8-11-20(32)33)14-30(28-21)12-6-5-7-16-15-31(29-22(16)35-4-2)19-10-9-18(13-27-19)23(24,25)26;/h2*9-10,13-15H,3-8,11-12H2,1-2H3,(H,32,33);/q;;+2/p-2. The second-order valence-electron chi connectivity index (χ2n) is 15.4. The molecule has 6 aromatic heterocycles. The Morgan fingerprint density at radius 2 is 0.845 bits per heavy atom. The first-order valence-electron chi connectivity index (χ1n) is 22.7. The van der Waals surface area contributed by atoms with Crippen LogP contribution in [-0.4, -0.2) is 125 Å². The van der Waals surface area contributed by atoms with Gasteiger partial charge in [-0.2, -0.15) is 26.3 Å². The molecule has 0 aliphatic heterocycles. The number of ether oxygens (including phenoxy) is 4. The fourth-order valence-electron chi connectivity index (χ4n) is 6.89. The Morgan fingerprint density at radius 3 is 1.14 bits per heavy atom. The third-order valence-electron chi connectivity index (χ3n) is 10.2. The van der Waals surface area contributed by atoms with Crippen molar-refractivity contribution < 1.29 is 65.1 Å². The number of rotatable bonds is 26. The van der Waals surface area contributed by atoms with Crippen LogP contribution in [0.1, 0.15) is 99.6 Å². The predicted molar refractivity (Wildman–Crippen MR) is 240 cm³/mol. The van der Waals surface area contributed by atoms with Crippen LogP contribution in [0.15, 0.2) is 61.4 Å². The smallest absolute Gasteiger partial charge is 0.550 e. The summed E-state index contributed by atoms with van der Waals surface area (Å²) in [5.74, 6) is -0.0540. The van der Waals surface area contributed by atoms with Gasteiger partial charge in [0.25, 0.3) is 0 Å². The zero-order valence-electron chi connectivity index (χ0n) is 39.8. The molecule has 0 unspecified atom stereocenters. The zero-order chi connectivity index (χ0) is 50.8. The third-order valence-corrected chi connectivity index (χ3v) is 10.2. The van der Waals surface area contributed by atoms with Crippen LogP contribution in [0.4, 0.5) is 26.3 Å². The van der Waals surface area contributed by atoms with Crippen LogP contribution in [0.5, 0.6) is 23.5 Å². The molecular weight excluding hydrogens is 975 g/mol. The molecule has 0 saturated heterocycles. The normalized spacial score (nSPS) is 11.4. The first-order valence-corrected chi connectivity index (χ1v) is 22.7. The van der Waals surface area contributed by atoms with E-state index in [2.05, 4.69) is 30.4 Å². The monoisotopic (exact) mass is 1030 g/mol. The van der Waals surface area contributed by atoms with E-state index >= 15 is 0 Å². The maximum Gasteiger partial charge on any atom is 2.00 e. The Kier molecular flexibility index (Phi) is 22.5. The number of aliphatic carboxylic acids is 2. The molecule has 0 fully saturated rings. The zero-order valence-corrected chi connectivity index (χ0v) is 42.0. The van der Waals surface area contributed by atoms with Crippen LogP contribution >= 0.6 is 0 Å².